The standard InChI is InChI=1S/C17H25ClN2O/c1-3-11-20(12-4-2)16(21)19-13-17(9-10-17)14-5-7-15(18)8-6-14/h5-8H,3-4,9-13H2,1-2H3,(H,19,21). The van der Waals surface area contributed by atoms with Gasteiger partial charge in [0.25, 0.3) is 0 Å². The first-order valence-corrected chi connectivity index (χ1v) is 8.28. The van der Waals surface area contributed by atoms with Gasteiger partial charge in [0.2, 0.25) is 0 Å². The van der Waals surface area contributed by atoms with Crippen molar-refractivity contribution in [1.29, 1.82) is 0 Å². The summed E-state index contributed by atoms with van der Waals surface area (Å²) < 4.78 is 0. The van der Waals surface area contributed by atoms with Crippen LogP contribution in [0.4, 0.5) is 4.79 Å². The van der Waals surface area contributed by atoms with E-state index >= 15 is 0 Å². The number of carbonyl (C=O) groups is 1. The van der Waals surface area contributed by atoms with E-state index < -0.39 is 0 Å². The second-order valence-corrected chi connectivity index (χ2v) is 6.37. The largest absolute Gasteiger partial charge is 0.337 e. The third kappa shape index (κ3) is 4.13. The maximum Gasteiger partial charge on any atom is 0.317 e. The van der Waals surface area contributed by atoms with E-state index in [1.165, 1.54) is 5.56 Å². The SMILES string of the molecule is CCCN(CCC)C(=O)NCC1(c2ccc(Cl)cc2)CC1. The second-order valence-electron chi connectivity index (χ2n) is 5.93. The Balaban J connectivity index is 1.92. The van der Waals surface area contributed by atoms with Crippen molar-refractivity contribution in [2.75, 3.05) is 19.6 Å². The summed E-state index contributed by atoms with van der Waals surface area (Å²) in [6.07, 6.45) is 4.26. The van der Waals surface area contributed by atoms with Gasteiger partial charge in [-0.3, -0.25) is 0 Å². The Bertz CT molecular complexity index is 462. The van der Waals surface area contributed by atoms with Gasteiger partial charge in [-0.1, -0.05) is 37.6 Å². The molecule has 3 nitrogen and oxygen atoms in total. The number of rotatable bonds is 7. The first-order chi connectivity index (χ1) is 10.1. The maximum atomic E-state index is 12.3. The summed E-state index contributed by atoms with van der Waals surface area (Å²) in [5.74, 6) is 0. The second kappa shape index (κ2) is 7.17. The van der Waals surface area contributed by atoms with Crippen molar-refractivity contribution in [1.82, 2.24) is 10.2 Å². The summed E-state index contributed by atoms with van der Waals surface area (Å²) in [6, 6.07) is 8.09. The summed E-state index contributed by atoms with van der Waals surface area (Å²) >= 11 is 5.94. The molecule has 0 atom stereocenters. The molecule has 2 amide bonds. The summed E-state index contributed by atoms with van der Waals surface area (Å²) in [7, 11) is 0. The van der Waals surface area contributed by atoms with Crippen LogP contribution in [0.5, 0.6) is 0 Å². The Kier molecular flexibility index (Phi) is 5.51. The zero-order chi connectivity index (χ0) is 15.3. The van der Waals surface area contributed by atoms with Gasteiger partial charge in [0, 0.05) is 30.1 Å². The van der Waals surface area contributed by atoms with Crippen LogP contribution in [-0.2, 0) is 5.41 Å². The van der Waals surface area contributed by atoms with Gasteiger partial charge in [-0.05, 0) is 43.4 Å². The summed E-state index contributed by atoms with van der Waals surface area (Å²) in [5, 5.41) is 3.88. The fourth-order valence-corrected chi connectivity index (χ4v) is 2.86. The summed E-state index contributed by atoms with van der Waals surface area (Å²) in [6.45, 7) is 6.58. The topological polar surface area (TPSA) is 32.3 Å². The molecule has 1 aromatic rings. The molecule has 0 saturated heterocycles. The average Bonchev–Trinajstić information content (AvgIpc) is 3.26. The van der Waals surface area contributed by atoms with Crippen molar-refractivity contribution in [3.05, 3.63) is 34.9 Å². The fourth-order valence-electron chi connectivity index (χ4n) is 2.73. The molecule has 4 heteroatoms. The molecule has 0 aromatic heterocycles. The van der Waals surface area contributed by atoms with Gasteiger partial charge in [-0.15, -0.1) is 0 Å². The Morgan fingerprint density at radius 1 is 1.19 bits per heavy atom. The van der Waals surface area contributed by atoms with E-state index in [1.54, 1.807) is 0 Å². The Hall–Kier alpha value is -1.22. The van der Waals surface area contributed by atoms with Gasteiger partial charge in [-0.25, -0.2) is 4.79 Å². The van der Waals surface area contributed by atoms with Crippen LogP contribution in [0.1, 0.15) is 45.1 Å². The maximum absolute atomic E-state index is 12.3. The summed E-state index contributed by atoms with van der Waals surface area (Å²) in [5.41, 5.74) is 1.41. The molecule has 0 radical (unpaired) electrons. The minimum absolute atomic E-state index is 0.0685. The Morgan fingerprint density at radius 2 is 1.76 bits per heavy atom. The predicted octanol–water partition coefficient (Wildman–Crippen LogP) is 4.20. The zero-order valence-electron chi connectivity index (χ0n) is 13.0. The fraction of sp³-hybridized carbons (Fsp3) is 0.588. The first kappa shape index (κ1) is 16.2. The average molecular weight is 309 g/mol. The zero-order valence-corrected chi connectivity index (χ0v) is 13.7. The molecule has 0 heterocycles. The van der Waals surface area contributed by atoms with Gasteiger partial charge in [0.05, 0.1) is 0 Å². The van der Waals surface area contributed by atoms with Crippen molar-refractivity contribution >= 4 is 17.6 Å². The molecule has 0 bridgehead atoms. The lowest BCUT2D eigenvalue weighted by molar-refractivity contribution is 0.196. The highest BCUT2D eigenvalue weighted by atomic mass is 35.5. The number of nitrogens with one attached hydrogen (secondary N) is 1. The van der Waals surface area contributed by atoms with Crippen LogP contribution in [0.3, 0.4) is 0 Å². The molecule has 0 spiro atoms. The lowest BCUT2D eigenvalue weighted by atomic mass is 9.96. The smallest absolute Gasteiger partial charge is 0.317 e. The van der Waals surface area contributed by atoms with E-state index in [0.717, 1.165) is 50.3 Å². The molecule has 1 aromatic carbocycles. The molecule has 2 rings (SSSR count). The number of amides is 2. The number of nitrogens with zero attached hydrogens (tertiary/aromatic N) is 1. The van der Waals surface area contributed by atoms with Crippen LogP contribution in [0.2, 0.25) is 5.02 Å². The van der Waals surface area contributed by atoms with Gasteiger partial charge >= 0.3 is 6.03 Å². The first-order valence-electron chi connectivity index (χ1n) is 7.90. The summed E-state index contributed by atoms with van der Waals surface area (Å²) in [4.78, 5) is 14.2. The van der Waals surface area contributed by atoms with E-state index in [2.05, 4.69) is 31.3 Å². The van der Waals surface area contributed by atoms with Crippen molar-refractivity contribution < 1.29 is 4.79 Å². The third-order valence-corrected chi connectivity index (χ3v) is 4.41. The van der Waals surface area contributed by atoms with Crippen LogP contribution in [0.25, 0.3) is 0 Å². The van der Waals surface area contributed by atoms with E-state index in [4.69, 9.17) is 11.6 Å². The van der Waals surface area contributed by atoms with Crippen LogP contribution in [0, 0.1) is 0 Å². The molecule has 0 aliphatic heterocycles. The number of halogens is 1. The van der Waals surface area contributed by atoms with Gasteiger partial charge < -0.3 is 10.2 Å². The minimum Gasteiger partial charge on any atom is -0.337 e. The van der Waals surface area contributed by atoms with Gasteiger partial charge in [0.1, 0.15) is 0 Å². The molecule has 0 unspecified atom stereocenters. The highest BCUT2D eigenvalue weighted by Gasteiger charge is 2.44. The van der Waals surface area contributed by atoms with Crippen molar-refractivity contribution in [2.24, 2.45) is 0 Å². The Labute approximate surface area is 132 Å². The number of hydrogen-bond donors (Lipinski definition) is 1. The molecule has 1 fully saturated rings. The van der Waals surface area contributed by atoms with Crippen LogP contribution in [-0.4, -0.2) is 30.6 Å². The molecule has 1 aliphatic rings. The molecule has 1 aliphatic carbocycles. The number of carbonyl (C=O) groups excluding carboxylic acids is 1. The third-order valence-electron chi connectivity index (χ3n) is 4.16. The minimum atomic E-state index is 0.0685. The number of benzene rings is 1. The van der Waals surface area contributed by atoms with E-state index in [1.807, 2.05) is 17.0 Å². The molecular weight excluding hydrogens is 284 g/mol. The van der Waals surface area contributed by atoms with Crippen molar-refractivity contribution in [3.8, 4) is 0 Å². The number of hydrogen-bond acceptors (Lipinski definition) is 1. The number of urea groups is 1. The highest BCUT2D eigenvalue weighted by molar-refractivity contribution is 6.30. The van der Waals surface area contributed by atoms with Crippen molar-refractivity contribution in [2.45, 2.75) is 44.9 Å². The van der Waals surface area contributed by atoms with E-state index in [9.17, 15) is 4.79 Å². The highest BCUT2D eigenvalue weighted by Crippen LogP contribution is 2.47. The lowest BCUT2D eigenvalue weighted by Crippen LogP contribution is -2.43. The van der Waals surface area contributed by atoms with Gasteiger partial charge in [-0.2, -0.15) is 0 Å². The lowest BCUT2D eigenvalue weighted by Gasteiger charge is -2.24. The van der Waals surface area contributed by atoms with Gasteiger partial charge in [0.15, 0.2) is 0 Å². The van der Waals surface area contributed by atoms with E-state index in [0.29, 0.717) is 0 Å². The predicted molar refractivity (Wildman–Crippen MR) is 87.9 cm³/mol. The molecule has 1 saturated carbocycles. The molecule has 1 N–H and O–H groups in total. The molecule has 21 heavy (non-hydrogen) atoms. The van der Waals surface area contributed by atoms with Crippen LogP contribution >= 0.6 is 11.6 Å². The van der Waals surface area contributed by atoms with E-state index in [-0.39, 0.29) is 11.4 Å². The normalized spacial score (nSPS) is 15.6. The van der Waals surface area contributed by atoms with Crippen LogP contribution in [0.15, 0.2) is 24.3 Å². The monoisotopic (exact) mass is 308 g/mol. The Morgan fingerprint density at radius 3 is 2.24 bits per heavy atom. The van der Waals surface area contributed by atoms with Crippen LogP contribution < -0.4 is 5.32 Å². The quantitative estimate of drug-likeness (QED) is 0.804. The van der Waals surface area contributed by atoms with Crippen molar-refractivity contribution in [3.63, 3.8) is 0 Å². The molecular formula is C17H25ClN2O. The molecule has 116 valence electrons.